The first-order chi connectivity index (χ1) is 12.7. The van der Waals surface area contributed by atoms with Gasteiger partial charge in [0.1, 0.15) is 5.75 Å². The van der Waals surface area contributed by atoms with Crippen LogP contribution in [-0.2, 0) is 6.42 Å². The maximum atomic E-state index is 11.9. The van der Waals surface area contributed by atoms with Crippen molar-refractivity contribution in [3.05, 3.63) is 64.6 Å². The molecular weight excluding hydrogens is 324 g/mol. The first-order valence-electron chi connectivity index (χ1n) is 9.37. The van der Waals surface area contributed by atoms with E-state index in [-0.39, 0.29) is 5.56 Å². The Hall–Kier alpha value is -2.59. The van der Waals surface area contributed by atoms with Crippen LogP contribution in [0.2, 0.25) is 0 Å². The number of fused-ring (bicyclic) bond motifs is 1. The second-order valence-electron chi connectivity index (χ2n) is 7.18. The molecule has 3 N–H and O–H groups in total. The number of nitrogens with one attached hydrogen (secondary N) is 2. The van der Waals surface area contributed by atoms with Crippen molar-refractivity contribution >= 4 is 10.8 Å². The van der Waals surface area contributed by atoms with E-state index in [2.05, 4.69) is 16.4 Å². The number of hydrogen-bond acceptors (Lipinski definition) is 3. The predicted octanol–water partition coefficient (Wildman–Crippen LogP) is 3.98. The summed E-state index contributed by atoms with van der Waals surface area (Å²) >= 11 is 0. The number of aromatic hydroxyl groups is 1. The Kier molecular flexibility index (Phi) is 4.76. The van der Waals surface area contributed by atoms with Crippen LogP contribution in [0.3, 0.4) is 0 Å². The molecule has 0 amide bonds. The van der Waals surface area contributed by atoms with Gasteiger partial charge >= 0.3 is 0 Å². The number of benzene rings is 2. The molecular formula is C22H24N2O2. The minimum atomic E-state index is -0.0781. The van der Waals surface area contributed by atoms with E-state index >= 15 is 0 Å². The SMILES string of the molecule is O=c1[nH]ccc2cc(-c3cc(O)cc(CCC4CCCCN4)c3)ccc12. The highest BCUT2D eigenvalue weighted by molar-refractivity contribution is 5.86. The van der Waals surface area contributed by atoms with Gasteiger partial charge in [0.15, 0.2) is 0 Å². The Balaban J connectivity index is 1.60. The second kappa shape index (κ2) is 7.34. The van der Waals surface area contributed by atoms with Crippen molar-refractivity contribution < 1.29 is 5.11 Å². The van der Waals surface area contributed by atoms with Gasteiger partial charge in [-0.2, -0.15) is 0 Å². The minimum Gasteiger partial charge on any atom is -0.508 e. The third kappa shape index (κ3) is 3.65. The minimum absolute atomic E-state index is 0.0781. The molecule has 2 aromatic carbocycles. The van der Waals surface area contributed by atoms with Crippen LogP contribution in [0.1, 0.15) is 31.2 Å². The van der Waals surface area contributed by atoms with E-state index in [0.717, 1.165) is 41.5 Å². The van der Waals surface area contributed by atoms with E-state index < -0.39 is 0 Å². The van der Waals surface area contributed by atoms with Crippen LogP contribution in [0.25, 0.3) is 21.9 Å². The highest BCUT2D eigenvalue weighted by atomic mass is 16.3. The Morgan fingerprint density at radius 3 is 2.81 bits per heavy atom. The van der Waals surface area contributed by atoms with E-state index in [1.165, 1.54) is 19.3 Å². The van der Waals surface area contributed by atoms with E-state index in [9.17, 15) is 9.90 Å². The zero-order valence-corrected chi connectivity index (χ0v) is 14.8. The lowest BCUT2D eigenvalue weighted by Gasteiger charge is -2.23. The van der Waals surface area contributed by atoms with E-state index in [1.807, 2.05) is 30.3 Å². The van der Waals surface area contributed by atoms with Gasteiger partial charge in [-0.05, 0) is 84.6 Å². The number of aromatic amines is 1. The molecule has 0 radical (unpaired) electrons. The lowest BCUT2D eigenvalue weighted by atomic mass is 9.95. The van der Waals surface area contributed by atoms with Crippen molar-refractivity contribution in [2.24, 2.45) is 0 Å². The molecule has 4 rings (SSSR count). The van der Waals surface area contributed by atoms with Gasteiger partial charge in [0.05, 0.1) is 0 Å². The van der Waals surface area contributed by atoms with Crippen LogP contribution >= 0.6 is 0 Å². The van der Waals surface area contributed by atoms with Crippen molar-refractivity contribution in [1.82, 2.24) is 10.3 Å². The van der Waals surface area contributed by atoms with Crippen molar-refractivity contribution in [1.29, 1.82) is 0 Å². The summed E-state index contributed by atoms with van der Waals surface area (Å²) < 4.78 is 0. The summed E-state index contributed by atoms with van der Waals surface area (Å²) in [7, 11) is 0. The van der Waals surface area contributed by atoms with E-state index in [0.29, 0.717) is 17.2 Å². The standard InChI is InChI=1S/C22H24N2O2/c25-20-12-15(4-6-19-3-1-2-9-23-19)11-18(14-20)16-5-7-21-17(13-16)8-10-24-22(21)26/h5,7-8,10-14,19,23,25H,1-4,6,9H2,(H,24,26). The summed E-state index contributed by atoms with van der Waals surface area (Å²) in [6, 6.07) is 14.1. The molecule has 0 aliphatic carbocycles. The zero-order valence-electron chi connectivity index (χ0n) is 14.8. The number of phenolic OH excluding ortho intramolecular Hbond substituents is 1. The third-order valence-electron chi connectivity index (χ3n) is 5.28. The van der Waals surface area contributed by atoms with E-state index in [1.54, 1.807) is 12.3 Å². The molecule has 4 heteroatoms. The molecule has 0 saturated carbocycles. The number of phenols is 1. The summed E-state index contributed by atoms with van der Waals surface area (Å²) in [5.74, 6) is 0.292. The Bertz CT molecular complexity index is 971. The summed E-state index contributed by atoms with van der Waals surface area (Å²) in [4.78, 5) is 14.6. The zero-order chi connectivity index (χ0) is 17.9. The van der Waals surface area contributed by atoms with Crippen molar-refractivity contribution in [3.8, 4) is 16.9 Å². The van der Waals surface area contributed by atoms with Crippen LogP contribution in [-0.4, -0.2) is 22.7 Å². The van der Waals surface area contributed by atoms with Gasteiger partial charge < -0.3 is 15.4 Å². The monoisotopic (exact) mass is 348 g/mol. The summed E-state index contributed by atoms with van der Waals surface area (Å²) in [5.41, 5.74) is 3.07. The molecule has 134 valence electrons. The molecule has 1 aliphatic rings. The Labute approximate surface area is 152 Å². The molecule has 1 aromatic heterocycles. The average Bonchev–Trinajstić information content (AvgIpc) is 2.67. The maximum absolute atomic E-state index is 11.9. The van der Waals surface area contributed by atoms with Crippen LogP contribution in [0, 0.1) is 0 Å². The highest BCUT2D eigenvalue weighted by Gasteiger charge is 2.13. The van der Waals surface area contributed by atoms with Gasteiger partial charge in [-0.15, -0.1) is 0 Å². The maximum Gasteiger partial charge on any atom is 0.255 e. The number of aromatic nitrogens is 1. The summed E-state index contributed by atoms with van der Waals surface area (Å²) in [6.07, 6.45) is 7.53. The topological polar surface area (TPSA) is 65.1 Å². The number of rotatable bonds is 4. The van der Waals surface area contributed by atoms with Gasteiger partial charge in [-0.25, -0.2) is 0 Å². The molecule has 1 atom stereocenters. The quantitative estimate of drug-likeness (QED) is 0.668. The molecule has 3 aromatic rings. The number of pyridine rings is 1. The molecule has 1 saturated heterocycles. The lowest BCUT2D eigenvalue weighted by molar-refractivity contribution is 0.382. The van der Waals surface area contributed by atoms with Crippen LogP contribution < -0.4 is 10.9 Å². The predicted molar refractivity (Wildman–Crippen MR) is 106 cm³/mol. The number of hydrogen-bond donors (Lipinski definition) is 3. The Morgan fingerprint density at radius 2 is 1.96 bits per heavy atom. The average molecular weight is 348 g/mol. The van der Waals surface area contributed by atoms with Gasteiger partial charge in [0.25, 0.3) is 5.56 Å². The molecule has 4 nitrogen and oxygen atoms in total. The third-order valence-corrected chi connectivity index (χ3v) is 5.28. The molecule has 1 unspecified atom stereocenters. The molecule has 0 spiro atoms. The van der Waals surface area contributed by atoms with Crippen LogP contribution in [0.5, 0.6) is 5.75 Å². The smallest absolute Gasteiger partial charge is 0.255 e. The summed E-state index contributed by atoms with van der Waals surface area (Å²) in [5, 5.41) is 15.3. The van der Waals surface area contributed by atoms with Gasteiger partial charge in [0, 0.05) is 17.6 Å². The molecule has 1 fully saturated rings. The van der Waals surface area contributed by atoms with Crippen molar-refractivity contribution in [3.63, 3.8) is 0 Å². The van der Waals surface area contributed by atoms with Crippen LogP contribution in [0.15, 0.2) is 53.5 Å². The van der Waals surface area contributed by atoms with Crippen molar-refractivity contribution in [2.75, 3.05) is 6.54 Å². The summed E-state index contributed by atoms with van der Waals surface area (Å²) in [6.45, 7) is 1.12. The number of piperidine rings is 1. The molecule has 0 bridgehead atoms. The fraction of sp³-hybridized carbons (Fsp3) is 0.318. The number of H-pyrrole nitrogens is 1. The van der Waals surface area contributed by atoms with E-state index in [4.69, 9.17) is 0 Å². The normalized spacial score (nSPS) is 17.5. The van der Waals surface area contributed by atoms with Gasteiger partial charge in [-0.1, -0.05) is 18.6 Å². The molecule has 1 aliphatic heterocycles. The number of aryl methyl sites for hydroxylation is 1. The lowest BCUT2D eigenvalue weighted by Crippen LogP contribution is -2.34. The Morgan fingerprint density at radius 1 is 1.04 bits per heavy atom. The molecule has 2 heterocycles. The fourth-order valence-corrected chi connectivity index (χ4v) is 3.87. The highest BCUT2D eigenvalue weighted by Crippen LogP contribution is 2.28. The fourth-order valence-electron chi connectivity index (χ4n) is 3.87. The van der Waals surface area contributed by atoms with Gasteiger partial charge in [-0.3, -0.25) is 4.79 Å². The molecule has 26 heavy (non-hydrogen) atoms. The van der Waals surface area contributed by atoms with Gasteiger partial charge in [0.2, 0.25) is 0 Å². The second-order valence-corrected chi connectivity index (χ2v) is 7.18. The largest absolute Gasteiger partial charge is 0.508 e. The van der Waals surface area contributed by atoms with Crippen LogP contribution in [0.4, 0.5) is 0 Å². The first kappa shape index (κ1) is 16.9. The van der Waals surface area contributed by atoms with Crippen molar-refractivity contribution in [2.45, 2.75) is 38.1 Å². The first-order valence-corrected chi connectivity index (χ1v) is 9.37.